The molecule has 0 unspecified atom stereocenters. The van der Waals surface area contributed by atoms with Gasteiger partial charge in [0.2, 0.25) is 0 Å². The Hall–Kier alpha value is -0.0400. The summed E-state index contributed by atoms with van der Waals surface area (Å²) >= 11 is 0. The van der Waals surface area contributed by atoms with E-state index in [4.69, 9.17) is 8.22 Å². The third kappa shape index (κ3) is 2.63. The van der Waals surface area contributed by atoms with Crippen molar-refractivity contribution in [2.24, 2.45) is 5.92 Å². The lowest BCUT2D eigenvalue weighted by Gasteiger charge is -2.21. The highest BCUT2D eigenvalue weighted by atomic mass is 16.3. The fraction of sp³-hybridized carbons (Fsp3) is 1.00. The molecular weight excluding hydrogens is 88.1 g/mol. The molecule has 0 rings (SSSR count). The van der Waals surface area contributed by atoms with Gasteiger partial charge in [-0.3, -0.25) is 0 Å². The Balaban J connectivity index is 5.22. The zero-order chi connectivity index (χ0) is 11.1. The van der Waals surface area contributed by atoms with Crippen LogP contribution in [0.15, 0.2) is 0 Å². The van der Waals surface area contributed by atoms with Crippen LogP contribution in [-0.4, -0.2) is 10.7 Å². The maximum absolute atomic E-state index is 9.64. The van der Waals surface area contributed by atoms with Crippen molar-refractivity contribution in [1.29, 1.82) is 0 Å². The molecule has 0 aliphatic heterocycles. The Kier molecular flexibility index (Phi) is 0.451. The molecule has 0 aliphatic carbocycles. The Morgan fingerprint density at radius 3 is 2.00 bits per heavy atom. The van der Waals surface area contributed by atoms with Crippen LogP contribution < -0.4 is 0 Å². The SMILES string of the molecule is [2H]C([2H])([2H])C(O)(C(C)C)C([2H])([2H])[2H]. The van der Waals surface area contributed by atoms with Crippen molar-refractivity contribution in [2.75, 3.05) is 0 Å². The highest BCUT2D eigenvalue weighted by Gasteiger charge is 2.16. The average molecular weight is 108 g/mol. The standard InChI is InChI=1S/C6H14O/c1-5(2)6(3,4)7/h5,7H,1-4H3/i3D3,4D3. The van der Waals surface area contributed by atoms with Crippen LogP contribution in [0, 0.1) is 5.92 Å². The molecule has 0 radical (unpaired) electrons. The van der Waals surface area contributed by atoms with Crippen molar-refractivity contribution in [3.05, 3.63) is 0 Å². The van der Waals surface area contributed by atoms with Gasteiger partial charge in [0.15, 0.2) is 0 Å². The van der Waals surface area contributed by atoms with Gasteiger partial charge in [0.05, 0.1) is 5.60 Å². The maximum Gasteiger partial charge on any atom is 0.0614 e. The van der Waals surface area contributed by atoms with Gasteiger partial charge in [-0.25, -0.2) is 0 Å². The molecule has 0 saturated carbocycles. The van der Waals surface area contributed by atoms with Crippen LogP contribution in [-0.2, 0) is 0 Å². The molecule has 0 spiro atoms. The van der Waals surface area contributed by atoms with Crippen LogP contribution >= 0.6 is 0 Å². The Morgan fingerprint density at radius 2 is 2.00 bits per heavy atom. The minimum absolute atomic E-state index is 0.854. The van der Waals surface area contributed by atoms with E-state index in [9.17, 15) is 5.11 Å². The van der Waals surface area contributed by atoms with Crippen molar-refractivity contribution in [1.82, 2.24) is 0 Å². The lowest BCUT2D eigenvalue weighted by atomic mass is 9.95. The van der Waals surface area contributed by atoms with Gasteiger partial charge in [-0.15, -0.1) is 0 Å². The summed E-state index contributed by atoms with van der Waals surface area (Å²) in [5, 5.41) is 9.64. The summed E-state index contributed by atoms with van der Waals surface area (Å²) in [6.07, 6.45) is 0. The molecule has 0 fully saturated rings. The molecule has 1 N–H and O–H groups in total. The molecule has 0 aromatic heterocycles. The molecule has 1 nitrogen and oxygen atoms in total. The summed E-state index contributed by atoms with van der Waals surface area (Å²) in [5.74, 6) is -0.854. The van der Waals surface area contributed by atoms with Crippen LogP contribution in [0.5, 0.6) is 0 Å². The van der Waals surface area contributed by atoms with Gasteiger partial charge in [0.1, 0.15) is 0 Å². The third-order valence-electron chi connectivity index (χ3n) is 0.836. The molecule has 0 aromatic rings. The summed E-state index contributed by atoms with van der Waals surface area (Å²) < 4.78 is 42.0. The number of aliphatic hydroxyl groups is 1. The first-order valence-electron chi connectivity index (χ1n) is 5.17. The minimum Gasteiger partial charge on any atom is -0.390 e. The summed E-state index contributed by atoms with van der Waals surface area (Å²) in [6.45, 7) is -3.05. The summed E-state index contributed by atoms with van der Waals surface area (Å²) in [6, 6.07) is 0. The smallest absolute Gasteiger partial charge is 0.0614 e. The second-order valence-electron chi connectivity index (χ2n) is 1.92. The Labute approximate surface area is 53.8 Å². The predicted octanol–water partition coefficient (Wildman–Crippen LogP) is 1.41. The van der Waals surface area contributed by atoms with Gasteiger partial charge in [-0.2, -0.15) is 0 Å². The van der Waals surface area contributed by atoms with Crippen molar-refractivity contribution >= 4 is 0 Å². The number of rotatable bonds is 1. The Bertz CT molecular complexity index is 165. The van der Waals surface area contributed by atoms with E-state index in [-0.39, 0.29) is 0 Å². The highest BCUT2D eigenvalue weighted by Crippen LogP contribution is 2.12. The fourth-order valence-corrected chi connectivity index (χ4v) is 0. The fourth-order valence-electron chi connectivity index (χ4n) is 0. The van der Waals surface area contributed by atoms with Crippen LogP contribution in [0.25, 0.3) is 0 Å². The van der Waals surface area contributed by atoms with Gasteiger partial charge < -0.3 is 5.11 Å². The molecule has 0 atom stereocenters. The van der Waals surface area contributed by atoms with E-state index in [1.807, 2.05) is 0 Å². The van der Waals surface area contributed by atoms with Crippen molar-refractivity contribution in [3.63, 3.8) is 0 Å². The molecule has 7 heavy (non-hydrogen) atoms. The maximum atomic E-state index is 9.64. The molecule has 0 aromatic carbocycles. The first kappa shape index (κ1) is 1.73. The zero-order valence-corrected chi connectivity index (χ0v) is 4.52. The molecular formula is C6H14O. The number of hydrogen-bond acceptors (Lipinski definition) is 1. The minimum atomic E-state index is -2.90. The van der Waals surface area contributed by atoms with Crippen molar-refractivity contribution < 1.29 is 13.3 Å². The van der Waals surface area contributed by atoms with E-state index in [1.54, 1.807) is 0 Å². The third-order valence-corrected chi connectivity index (χ3v) is 0.836. The van der Waals surface area contributed by atoms with E-state index in [1.165, 1.54) is 13.8 Å². The van der Waals surface area contributed by atoms with Gasteiger partial charge in [-0.05, 0) is 19.6 Å². The molecule has 44 valence electrons. The largest absolute Gasteiger partial charge is 0.390 e. The van der Waals surface area contributed by atoms with E-state index in [2.05, 4.69) is 0 Å². The summed E-state index contributed by atoms with van der Waals surface area (Å²) in [4.78, 5) is 0. The molecule has 0 amide bonds. The lowest BCUT2D eigenvalue weighted by Crippen LogP contribution is -2.25. The van der Waals surface area contributed by atoms with E-state index in [0.29, 0.717) is 0 Å². The van der Waals surface area contributed by atoms with Gasteiger partial charge >= 0.3 is 0 Å². The second kappa shape index (κ2) is 1.83. The topological polar surface area (TPSA) is 20.2 Å². The van der Waals surface area contributed by atoms with E-state index in [0.717, 1.165) is 0 Å². The van der Waals surface area contributed by atoms with Crippen LogP contribution in [0.3, 0.4) is 0 Å². The molecule has 0 heterocycles. The van der Waals surface area contributed by atoms with Crippen LogP contribution in [0.2, 0.25) is 0 Å². The monoisotopic (exact) mass is 108 g/mol. The second-order valence-corrected chi connectivity index (χ2v) is 1.92. The summed E-state index contributed by atoms with van der Waals surface area (Å²) in [5.41, 5.74) is -2.62. The van der Waals surface area contributed by atoms with Gasteiger partial charge in [-0.1, -0.05) is 13.8 Å². The first-order valence-corrected chi connectivity index (χ1v) is 2.17. The normalized spacial score (nSPS) is 29.1. The molecule has 0 aliphatic rings. The predicted molar refractivity (Wildman–Crippen MR) is 31.1 cm³/mol. The lowest BCUT2D eigenvalue weighted by molar-refractivity contribution is 0.0327. The van der Waals surface area contributed by atoms with E-state index < -0.39 is 25.2 Å². The van der Waals surface area contributed by atoms with E-state index >= 15 is 0 Å². The molecule has 0 bridgehead atoms. The highest BCUT2D eigenvalue weighted by molar-refractivity contribution is 4.67. The van der Waals surface area contributed by atoms with Crippen LogP contribution in [0.4, 0.5) is 0 Å². The van der Waals surface area contributed by atoms with Gasteiger partial charge in [0, 0.05) is 8.22 Å². The summed E-state index contributed by atoms with van der Waals surface area (Å²) in [7, 11) is 0. The van der Waals surface area contributed by atoms with Crippen molar-refractivity contribution in [2.45, 2.75) is 33.2 Å². The molecule has 0 saturated heterocycles. The zero-order valence-electron chi connectivity index (χ0n) is 10.5. The quantitative estimate of drug-likeness (QED) is 0.538. The number of hydrogen-bond donors (Lipinski definition) is 1. The first-order chi connectivity index (χ1) is 5.44. The van der Waals surface area contributed by atoms with Gasteiger partial charge in [0.25, 0.3) is 0 Å². The Morgan fingerprint density at radius 1 is 1.57 bits per heavy atom. The average Bonchev–Trinajstić information content (AvgIpc) is 1.80. The van der Waals surface area contributed by atoms with Crippen molar-refractivity contribution in [3.8, 4) is 0 Å². The van der Waals surface area contributed by atoms with Crippen LogP contribution in [0.1, 0.15) is 35.8 Å². The molecule has 1 heteroatoms.